The minimum absolute atomic E-state index is 0.141. The van der Waals surface area contributed by atoms with Gasteiger partial charge in [0, 0.05) is 24.0 Å². The maximum absolute atomic E-state index is 13.3. The zero-order valence-corrected chi connectivity index (χ0v) is 18.0. The number of aromatic nitrogens is 5. The molecule has 0 bridgehead atoms. The summed E-state index contributed by atoms with van der Waals surface area (Å²) < 4.78 is 3.68. The Labute approximate surface area is 175 Å². The van der Waals surface area contributed by atoms with E-state index in [9.17, 15) is 4.79 Å². The third kappa shape index (κ3) is 3.47. The van der Waals surface area contributed by atoms with E-state index in [2.05, 4.69) is 20.5 Å². The molecule has 0 radical (unpaired) electrons. The topological polar surface area (TPSA) is 77.6 Å². The second-order valence-electron chi connectivity index (χ2n) is 7.56. The van der Waals surface area contributed by atoms with Gasteiger partial charge < -0.3 is 5.32 Å². The summed E-state index contributed by atoms with van der Waals surface area (Å²) in [7, 11) is 0. The van der Waals surface area contributed by atoms with Gasteiger partial charge >= 0.3 is 0 Å². The lowest BCUT2D eigenvalue weighted by atomic mass is 10.1. The van der Waals surface area contributed by atoms with Crippen LogP contribution in [0.15, 0.2) is 42.6 Å². The maximum atomic E-state index is 13.3. The largest absolute Gasteiger partial charge is 0.345 e. The van der Waals surface area contributed by atoms with Crippen LogP contribution in [0.2, 0.25) is 0 Å². The molecular weight excluding hydrogens is 376 g/mol. The van der Waals surface area contributed by atoms with Crippen LogP contribution < -0.4 is 5.32 Å². The van der Waals surface area contributed by atoms with Crippen LogP contribution in [0.5, 0.6) is 0 Å². The number of pyridine rings is 1. The molecule has 0 spiro atoms. The molecule has 7 nitrogen and oxygen atoms in total. The van der Waals surface area contributed by atoms with Gasteiger partial charge in [0.05, 0.1) is 34.1 Å². The Bertz CT molecular complexity index is 1220. The lowest BCUT2D eigenvalue weighted by Crippen LogP contribution is -2.27. The number of para-hydroxylation sites is 1. The van der Waals surface area contributed by atoms with E-state index in [1.165, 1.54) is 0 Å². The van der Waals surface area contributed by atoms with Crippen LogP contribution >= 0.6 is 0 Å². The van der Waals surface area contributed by atoms with Crippen molar-refractivity contribution in [3.8, 4) is 5.69 Å². The van der Waals surface area contributed by atoms with Gasteiger partial charge in [-0.1, -0.05) is 18.2 Å². The van der Waals surface area contributed by atoms with E-state index < -0.39 is 0 Å². The van der Waals surface area contributed by atoms with Gasteiger partial charge in [-0.2, -0.15) is 10.2 Å². The number of rotatable bonds is 5. The van der Waals surface area contributed by atoms with Crippen molar-refractivity contribution in [2.75, 3.05) is 0 Å². The summed E-state index contributed by atoms with van der Waals surface area (Å²) in [6.07, 6.45) is 1.99. The standard InChI is InChI=1S/C23H26N6O/c1-6-28-13-20(16(4)26-28)15(3)25-23(30)19-12-14(2)24-22-21(19)17(5)27-29(22)18-10-8-7-9-11-18/h7-13,15H,6H2,1-5H3,(H,25,30)/t15-/m1/s1. The number of nitrogens with one attached hydrogen (secondary N) is 1. The summed E-state index contributed by atoms with van der Waals surface area (Å²) in [4.78, 5) is 18.0. The molecule has 30 heavy (non-hydrogen) atoms. The van der Waals surface area contributed by atoms with Crippen molar-refractivity contribution >= 4 is 16.9 Å². The van der Waals surface area contributed by atoms with Gasteiger partial charge in [-0.25, -0.2) is 9.67 Å². The van der Waals surface area contributed by atoms with Gasteiger partial charge in [0.2, 0.25) is 0 Å². The highest BCUT2D eigenvalue weighted by atomic mass is 16.1. The number of hydrogen-bond acceptors (Lipinski definition) is 4. The first kappa shape index (κ1) is 19.8. The summed E-state index contributed by atoms with van der Waals surface area (Å²) in [6, 6.07) is 11.5. The highest BCUT2D eigenvalue weighted by Gasteiger charge is 2.22. The smallest absolute Gasteiger partial charge is 0.252 e. The zero-order chi connectivity index (χ0) is 21.4. The van der Waals surface area contributed by atoms with Crippen molar-refractivity contribution in [3.63, 3.8) is 0 Å². The van der Waals surface area contributed by atoms with E-state index in [1.54, 1.807) is 4.68 Å². The van der Waals surface area contributed by atoms with Crippen molar-refractivity contribution < 1.29 is 4.79 Å². The lowest BCUT2D eigenvalue weighted by molar-refractivity contribution is 0.0941. The van der Waals surface area contributed by atoms with E-state index in [0.717, 1.165) is 40.3 Å². The molecule has 0 aliphatic rings. The first-order valence-electron chi connectivity index (χ1n) is 10.2. The van der Waals surface area contributed by atoms with Crippen LogP contribution in [0.25, 0.3) is 16.7 Å². The Balaban J connectivity index is 1.74. The quantitative estimate of drug-likeness (QED) is 0.546. The number of benzene rings is 1. The minimum Gasteiger partial charge on any atom is -0.345 e. The number of hydrogen-bond donors (Lipinski definition) is 1. The number of nitrogens with zero attached hydrogens (tertiary/aromatic N) is 5. The first-order valence-corrected chi connectivity index (χ1v) is 10.2. The molecule has 1 atom stereocenters. The Morgan fingerprint density at radius 2 is 1.83 bits per heavy atom. The van der Waals surface area contributed by atoms with E-state index in [4.69, 9.17) is 0 Å². The molecule has 4 rings (SSSR count). The molecule has 4 aromatic rings. The molecule has 0 fully saturated rings. The van der Waals surface area contributed by atoms with Gasteiger partial charge in [0.15, 0.2) is 5.65 Å². The average molecular weight is 403 g/mol. The molecule has 1 amide bonds. The third-order valence-electron chi connectivity index (χ3n) is 5.31. The van der Waals surface area contributed by atoms with Crippen molar-refractivity contribution in [2.24, 2.45) is 0 Å². The van der Waals surface area contributed by atoms with Crippen LogP contribution in [-0.2, 0) is 6.54 Å². The molecule has 3 aromatic heterocycles. The van der Waals surface area contributed by atoms with Crippen LogP contribution in [0, 0.1) is 20.8 Å². The van der Waals surface area contributed by atoms with Gasteiger partial charge in [-0.15, -0.1) is 0 Å². The number of carbonyl (C=O) groups excluding carboxylic acids is 1. The second-order valence-corrected chi connectivity index (χ2v) is 7.56. The molecule has 1 N–H and O–H groups in total. The highest BCUT2D eigenvalue weighted by molar-refractivity contribution is 6.07. The predicted molar refractivity (Wildman–Crippen MR) is 117 cm³/mol. The van der Waals surface area contributed by atoms with E-state index in [-0.39, 0.29) is 11.9 Å². The molecule has 0 saturated carbocycles. The van der Waals surface area contributed by atoms with Crippen molar-refractivity contribution in [1.82, 2.24) is 29.9 Å². The molecule has 0 unspecified atom stereocenters. The molecule has 0 aliphatic carbocycles. The van der Waals surface area contributed by atoms with E-state index in [0.29, 0.717) is 11.2 Å². The Kier molecular flexibility index (Phi) is 5.11. The molecule has 0 aliphatic heterocycles. The minimum atomic E-state index is -0.161. The Hall–Kier alpha value is -3.48. The summed E-state index contributed by atoms with van der Waals surface area (Å²) in [6.45, 7) is 10.6. The molecule has 3 heterocycles. The summed E-state index contributed by atoms with van der Waals surface area (Å²) in [5, 5.41) is 13.1. The third-order valence-corrected chi connectivity index (χ3v) is 5.31. The SMILES string of the molecule is CCn1cc([C@@H](C)NC(=O)c2cc(C)nc3c2c(C)nn3-c2ccccc2)c(C)n1. The highest BCUT2D eigenvalue weighted by Crippen LogP contribution is 2.26. The van der Waals surface area contributed by atoms with Crippen molar-refractivity contribution in [1.29, 1.82) is 0 Å². The average Bonchev–Trinajstić information content (AvgIpc) is 3.27. The number of fused-ring (bicyclic) bond motifs is 1. The molecule has 1 aromatic carbocycles. The van der Waals surface area contributed by atoms with Crippen molar-refractivity contribution in [3.05, 3.63) is 70.8 Å². The van der Waals surface area contributed by atoms with Gasteiger partial charge in [-0.3, -0.25) is 9.48 Å². The summed E-state index contributed by atoms with van der Waals surface area (Å²) in [5.74, 6) is -0.141. The summed E-state index contributed by atoms with van der Waals surface area (Å²) >= 11 is 0. The zero-order valence-electron chi connectivity index (χ0n) is 18.0. The molecule has 154 valence electrons. The number of carbonyl (C=O) groups is 1. The van der Waals surface area contributed by atoms with Crippen LogP contribution in [-0.4, -0.2) is 30.5 Å². The van der Waals surface area contributed by atoms with Crippen LogP contribution in [0.4, 0.5) is 0 Å². The monoisotopic (exact) mass is 402 g/mol. The number of aryl methyl sites for hydroxylation is 4. The fraction of sp³-hybridized carbons (Fsp3) is 0.304. The van der Waals surface area contributed by atoms with Gasteiger partial charge in [-0.05, 0) is 52.8 Å². The fourth-order valence-corrected chi connectivity index (χ4v) is 3.81. The van der Waals surface area contributed by atoms with E-state index in [1.807, 2.05) is 81.9 Å². The second kappa shape index (κ2) is 7.74. The summed E-state index contributed by atoms with van der Waals surface area (Å²) in [5.41, 5.74) is 5.67. The van der Waals surface area contributed by atoms with Gasteiger partial charge in [0.1, 0.15) is 0 Å². The van der Waals surface area contributed by atoms with Crippen LogP contribution in [0.1, 0.15) is 52.9 Å². The lowest BCUT2D eigenvalue weighted by Gasteiger charge is -2.14. The van der Waals surface area contributed by atoms with Gasteiger partial charge in [0.25, 0.3) is 5.91 Å². The maximum Gasteiger partial charge on any atom is 0.252 e. The number of amides is 1. The molecule has 0 saturated heterocycles. The Morgan fingerprint density at radius 1 is 1.10 bits per heavy atom. The molecule has 7 heteroatoms. The first-order chi connectivity index (χ1) is 14.4. The fourth-order valence-electron chi connectivity index (χ4n) is 3.81. The van der Waals surface area contributed by atoms with Crippen LogP contribution in [0.3, 0.4) is 0 Å². The van der Waals surface area contributed by atoms with E-state index >= 15 is 0 Å². The van der Waals surface area contributed by atoms with Crippen molar-refractivity contribution in [2.45, 2.75) is 47.2 Å². The molecular formula is C23H26N6O. The normalized spacial score (nSPS) is 12.3. The predicted octanol–water partition coefficient (Wildman–Crippen LogP) is 4.05. The Morgan fingerprint density at radius 3 is 2.50 bits per heavy atom.